The molecule has 1 N–H and O–H groups in total. The zero-order chi connectivity index (χ0) is 21.1. The molecule has 0 radical (unpaired) electrons. The van der Waals surface area contributed by atoms with E-state index in [1.54, 1.807) is 6.20 Å². The van der Waals surface area contributed by atoms with Gasteiger partial charge >= 0.3 is 6.09 Å². The summed E-state index contributed by atoms with van der Waals surface area (Å²) in [6, 6.07) is 12.5. The number of aromatic nitrogens is 2. The first-order valence-electron chi connectivity index (χ1n) is 10.2. The third kappa shape index (κ3) is 4.55. The summed E-state index contributed by atoms with van der Waals surface area (Å²) in [5.41, 5.74) is 3.07. The maximum atomic E-state index is 11.3. The lowest BCUT2D eigenvalue weighted by molar-refractivity contribution is 0.0860. The van der Waals surface area contributed by atoms with Gasteiger partial charge in [-0.2, -0.15) is 0 Å². The summed E-state index contributed by atoms with van der Waals surface area (Å²) in [6.45, 7) is 4.48. The van der Waals surface area contributed by atoms with E-state index in [9.17, 15) is 9.90 Å². The van der Waals surface area contributed by atoms with E-state index in [1.165, 1.54) is 10.3 Å². The first-order chi connectivity index (χ1) is 14.5. The number of likely N-dealkylation sites (tertiary alicyclic amines) is 1. The second kappa shape index (κ2) is 8.98. The number of carbonyl (C=O) groups is 1. The Morgan fingerprint density at radius 1 is 1.17 bits per heavy atom. The molecule has 3 heterocycles. The van der Waals surface area contributed by atoms with Crippen LogP contribution in [-0.4, -0.2) is 50.1 Å². The average molecular weight is 425 g/mol. The lowest BCUT2D eigenvalue weighted by Crippen LogP contribution is -2.46. The highest BCUT2D eigenvalue weighted by molar-refractivity contribution is 6.30. The summed E-state index contributed by atoms with van der Waals surface area (Å²) in [5.74, 6) is 0. The summed E-state index contributed by atoms with van der Waals surface area (Å²) < 4.78 is 0. The van der Waals surface area contributed by atoms with Crippen LogP contribution >= 0.6 is 11.6 Å². The summed E-state index contributed by atoms with van der Waals surface area (Å²) in [5, 5.41) is 12.2. The van der Waals surface area contributed by atoms with Crippen LogP contribution < -0.4 is 0 Å². The summed E-state index contributed by atoms with van der Waals surface area (Å²) in [4.78, 5) is 24.4. The van der Waals surface area contributed by atoms with Gasteiger partial charge in [0.1, 0.15) is 0 Å². The third-order valence-corrected chi connectivity index (χ3v) is 6.07. The van der Waals surface area contributed by atoms with Gasteiger partial charge in [-0.15, -0.1) is 0 Å². The fourth-order valence-corrected chi connectivity index (χ4v) is 4.38. The number of halogens is 1. The lowest BCUT2D eigenvalue weighted by Gasteiger charge is -2.37. The van der Waals surface area contributed by atoms with E-state index in [0.717, 1.165) is 35.2 Å². The molecule has 0 spiro atoms. The summed E-state index contributed by atoms with van der Waals surface area (Å²) in [6.07, 6.45) is 4.29. The van der Waals surface area contributed by atoms with Gasteiger partial charge in [0, 0.05) is 50.0 Å². The number of nitrogens with zero attached hydrogens (tertiary/aromatic N) is 4. The molecule has 1 fully saturated rings. The molecule has 1 aliphatic rings. The normalized spacial score (nSPS) is 15.1. The number of fused-ring (bicyclic) bond motifs is 1. The molecule has 30 heavy (non-hydrogen) atoms. The predicted octanol–water partition coefficient (Wildman–Crippen LogP) is 4.74. The van der Waals surface area contributed by atoms with Gasteiger partial charge in [0.15, 0.2) is 0 Å². The van der Waals surface area contributed by atoms with Crippen LogP contribution in [0, 0.1) is 6.92 Å². The van der Waals surface area contributed by atoms with E-state index in [2.05, 4.69) is 27.0 Å². The van der Waals surface area contributed by atoms with Crippen molar-refractivity contribution in [2.45, 2.75) is 38.9 Å². The lowest BCUT2D eigenvalue weighted by atomic mass is 10.0. The monoisotopic (exact) mass is 424 g/mol. The highest BCUT2D eigenvalue weighted by Crippen LogP contribution is 2.25. The zero-order valence-corrected chi connectivity index (χ0v) is 17.7. The van der Waals surface area contributed by atoms with E-state index in [4.69, 9.17) is 11.6 Å². The number of hydrogen-bond acceptors (Lipinski definition) is 4. The van der Waals surface area contributed by atoms with Gasteiger partial charge in [-0.05, 0) is 42.8 Å². The second-order valence-corrected chi connectivity index (χ2v) is 8.24. The van der Waals surface area contributed by atoms with Crippen LogP contribution in [-0.2, 0) is 13.1 Å². The molecule has 2 aromatic heterocycles. The highest BCUT2D eigenvalue weighted by Gasteiger charge is 2.28. The van der Waals surface area contributed by atoms with Gasteiger partial charge in [-0.3, -0.25) is 14.9 Å². The second-order valence-electron chi connectivity index (χ2n) is 7.80. The van der Waals surface area contributed by atoms with E-state index < -0.39 is 6.09 Å². The Morgan fingerprint density at radius 3 is 2.63 bits per heavy atom. The molecule has 6 nitrogen and oxygen atoms in total. The number of piperidine rings is 1. The Balaban J connectivity index is 1.62. The Labute approximate surface area is 181 Å². The van der Waals surface area contributed by atoms with Crippen molar-refractivity contribution in [3.05, 3.63) is 70.8 Å². The van der Waals surface area contributed by atoms with Gasteiger partial charge in [0.05, 0.1) is 16.4 Å². The van der Waals surface area contributed by atoms with Crippen LogP contribution in [0.2, 0.25) is 5.02 Å². The van der Waals surface area contributed by atoms with Crippen molar-refractivity contribution in [1.82, 2.24) is 19.8 Å². The Morgan fingerprint density at radius 2 is 1.90 bits per heavy atom. The van der Waals surface area contributed by atoms with Crippen molar-refractivity contribution in [1.29, 1.82) is 0 Å². The number of pyridine rings is 2. The molecular formula is C23H25ClN4O2. The standard InChI is InChI=1S/C23H25ClN4O2/c1-16-12-18(24)13-26-21(16)14-28(19-7-10-27(11-8-19)23(29)30)15-22-20-5-3-2-4-17(20)6-9-25-22/h2-6,9,12-13,19H,7-8,10-11,14-15H2,1H3,(H,29,30). The van der Waals surface area contributed by atoms with Crippen LogP contribution in [0.25, 0.3) is 10.8 Å². The first kappa shape index (κ1) is 20.6. The van der Waals surface area contributed by atoms with Gasteiger partial charge < -0.3 is 10.0 Å². The molecular weight excluding hydrogens is 400 g/mol. The third-order valence-electron chi connectivity index (χ3n) is 5.87. The highest BCUT2D eigenvalue weighted by atomic mass is 35.5. The maximum Gasteiger partial charge on any atom is 0.407 e. The molecule has 156 valence electrons. The SMILES string of the molecule is Cc1cc(Cl)cnc1CN(Cc1nccc2ccccc12)C1CCN(C(=O)O)CC1. The summed E-state index contributed by atoms with van der Waals surface area (Å²) >= 11 is 6.10. The molecule has 1 saturated heterocycles. The topological polar surface area (TPSA) is 69.6 Å². The van der Waals surface area contributed by atoms with Crippen LogP contribution in [0.1, 0.15) is 29.8 Å². The predicted molar refractivity (Wildman–Crippen MR) is 118 cm³/mol. The van der Waals surface area contributed by atoms with E-state index >= 15 is 0 Å². The van der Waals surface area contributed by atoms with Crippen LogP contribution in [0.4, 0.5) is 4.79 Å². The number of benzene rings is 1. The fourth-order valence-electron chi connectivity index (χ4n) is 4.16. The quantitative estimate of drug-likeness (QED) is 0.640. The Kier molecular flexibility index (Phi) is 6.16. The number of carboxylic acid groups (broad SMARTS) is 1. The summed E-state index contributed by atoms with van der Waals surface area (Å²) in [7, 11) is 0. The van der Waals surface area contributed by atoms with Gasteiger partial charge in [-0.25, -0.2) is 4.79 Å². The minimum absolute atomic E-state index is 0.262. The molecule has 3 aromatic rings. The van der Waals surface area contributed by atoms with Crippen molar-refractivity contribution >= 4 is 28.5 Å². The molecule has 1 aromatic carbocycles. The van der Waals surface area contributed by atoms with E-state index in [0.29, 0.717) is 31.2 Å². The number of rotatable bonds is 5. The van der Waals surface area contributed by atoms with Crippen molar-refractivity contribution < 1.29 is 9.90 Å². The minimum Gasteiger partial charge on any atom is -0.465 e. The molecule has 0 bridgehead atoms. The Hall–Kier alpha value is -2.70. The smallest absolute Gasteiger partial charge is 0.407 e. The largest absolute Gasteiger partial charge is 0.465 e. The van der Waals surface area contributed by atoms with Crippen LogP contribution in [0.3, 0.4) is 0 Å². The zero-order valence-electron chi connectivity index (χ0n) is 17.0. The molecule has 4 rings (SSSR count). The molecule has 1 amide bonds. The molecule has 0 saturated carbocycles. The number of amides is 1. The van der Waals surface area contributed by atoms with Crippen molar-refractivity contribution in [3.8, 4) is 0 Å². The van der Waals surface area contributed by atoms with Gasteiger partial charge in [0.25, 0.3) is 0 Å². The molecule has 0 aliphatic carbocycles. The molecule has 0 atom stereocenters. The average Bonchev–Trinajstić information content (AvgIpc) is 2.75. The minimum atomic E-state index is -0.842. The van der Waals surface area contributed by atoms with Crippen molar-refractivity contribution in [2.24, 2.45) is 0 Å². The number of hydrogen-bond donors (Lipinski definition) is 1. The van der Waals surface area contributed by atoms with E-state index in [-0.39, 0.29) is 6.04 Å². The van der Waals surface area contributed by atoms with Crippen LogP contribution in [0.15, 0.2) is 48.8 Å². The number of aryl methyl sites for hydroxylation is 1. The molecule has 1 aliphatic heterocycles. The fraction of sp³-hybridized carbons (Fsp3) is 0.348. The van der Waals surface area contributed by atoms with E-state index in [1.807, 2.05) is 37.4 Å². The molecule has 0 unspecified atom stereocenters. The van der Waals surface area contributed by atoms with Crippen molar-refractivity contribution in [2.75, 3.05) is 13.1 Å². The Bertz CT molecular complexity index is 1050. The van der Waals surface area contributed by atoms with Gasteiger partial charge in [-0.1, -0.05) is 35.9 Å². The molecule has 7 heteroatoms. The van der Waals surface area contributed by atoms with Crippen LogP contribution in [0.5, 0.6) is 0 Å². The van der Waals surface area contributed by atoms with Crippen molar-refractivity contribution in [3.63, 3.8) is 0 Å². The van der Waals surface area contributed by atoms with Gasteiger partial charge in [0.2, 0.25) is 0 Å². The first-order valence-corrected chi connectivity index (χ1v) is 10.5. The maximum absolute atomic E-state index is 11.3.